The Morgan fingerprint density at radius 2 is 2.00 bits per heavy atom. The van der Waals surface area contributed by atoms with E-state index in [4.69, 9.17) is 23.2 Å². The highest BCUT2D eigenvalue weighted by molar-refractivity contribution is 6.35. The maximum absolute atomic E-state index is 6.29. The van der Waals surface area contributed by atoms with E-state index < -0.39 is 0 Å². The molecule has 112 valence electrons. The van der Waals surface area contributed by atoms with E-state index in [1.807, 2.05) is 24.4 Å². The first-order valence-corrected chi connectivity index (χ1v) is 7.95. The van der Waals surface area contributed by atoms with E-state index in [2.05, 4.69) is 30.2 Å². The minimum atomic E-state index is 0.156. The molecule has 1 heterocycles. The van der Waals surface area contributed by atoms with Crippen molar-refractivity contribution in [2.75, 3.05) is 6.54 Å². The molecule has 0 bridgehead atoms. The molecule has 4 heteroatoms. The third-order valence-corrected chi connectivity index (χ3v) is 3.96. The van der Waals surface area contributed by atoms with Crippen LogP contribution in [0.25, 0.3) is 0 Å². The van der Waals surface area contributed by atoms with Gasteiger partial charge in [0.05, 0.1) is 11.7 Å². The minimum Gasteiger partial charge on any atom is -0.308 e. The molecule has 0 fully saturated rings. The van der Waals surface area contributed by atoms with E-state index in [0.29, 0.717) is 10.0 Å². The van der Waals surface area contributed by atoms with Crippen molar-refractivity contribution in [3.63, 3.8) is 0 Å². The molecule has 1 N–H and O–H groups in total. The van der Waals surface area contributed by atoms with E-state index in [1.165, 1.54) is 5.56 Å². The molecule has 0 spiro atoms. The first kappa shape index (κ1) is 16.3. The molecule has 21 heavy (non-hydrogen) atoms. The van der Waals surface area contributed by atoms with Gasteiger partial charge < -0.3 is 5.32 Å². The van der Waals surface area contributed by atoms with Gasteiger partial charge in [-0.2, -0.15) is 0 Å². The first-order chi connectivity index (χ1) is 10.1. The van der Waals surface area contributed by atoms with Gasteiger partial charge in [-0.25, -0.2) is 0 Å². The Morgan fingerprint density at radius 3 is 2.67 bits per heavy atom. The zero-order valence-electron chi connectivity index (χ0n) is 12.4. The van der Waals surface area contributed by atoms with E-state index in [1.54, 1.807) is 6.07 Å². The fourth-order valence-electron chi connectivity index (χ4n) is 2.26. The number of rotatable bonds is 6. The molecule has 1 atom stereocenters. The number of hydrogen-bond acceptors (Lipinski definition) is 2. The first-order valence-electron chi connectivity index (χ1n) is 7.20. The Kier molecular flexibility index (Phi) is 6.04. The van der Waals surface area contributed by atoms with E-state index in [9.17, 15) is 0 Å². The predicted octanol–water partition coefficient (Wildman–Crippen LogP) is 4.98. The monoisotopic (exact) mass is 322 g/mol. The Balaban J connectivity index is 2.23. The summed E-state index contributed by atoms with van der Waals surface area (Å²) in [6, 6.07) is 9.94. The van der Waals surface area contributed by atoms with Crippen LogP contribution in [0.5, 0.6) is 0 Å². The summed E-state index contributed by atoms with van der Waals surface area (Å²) in [5.74, 6) is 0. The standard InChI is InChI=1S/C17H20Cl2N2/c1-3-7-20-17(16-9-12(2)6-8-21-16)10-13-4-5-14(18)11-15(13)19/h4-6,8-9,11,17,20H,3,7,10H2,1-2H3. The number of aromatic nitrogens is 1. The summed E-state index contributed by atoms with van der Waals surface area (Å²) in [6.45, 7) is 5.19. The molecule has 1 aromatic carbocycles. The van der Waals surface area contributed by atoms with Crippen molar-refractivity contribution >= 4 is 23.2 Å². The maximum Gasteiger partial charge on any atom is 0.0579 e. The van der Waals surface area contributed by atoms with Crippen LogP contribution >= 0.6 is 23.2 Å². The average Bonchev–Trinajstić information content (AvgIpc) is 2.45. The lowest BCUT2D eigenvalue weighted by Gasteiger charge is -2.19. The quantitative estimate of drug-likeness (QED) is 0.811. The summed E-state index contributed by atoms with van der Waals surface area (Å²) in [5, 5.41) is 4.92. The summed E-state index contributed by atoms with van der Waals surface area (Å²) >= 11 is 12.3. The lowest BCUT2D eigenvalue weighted by atomic mass is 10.0. The normalized spacial score (nSPS) is 12.4. The highest BCUT2D eigenvalue weighted by Gasteiger charge is 2.15. The largest absolute Gasteiger partial charge is 0.308 e. The smallest absolute Gasteiger partial charge is 0.0579 e. The Morgan fingerprint density at radius 1 is 1.19 bits per heavy atom. The van der Waals surface area contributed by atoms with Crippen LogP contribution in [-0.2, 0) is 6.42 Å². The van der Waals surface area contributed by atoms with E-state index >= 15 is 0 Å². The molecule has 0 saturated heterocycles. The zero-order valence-corrected chi connectivity index (χ0v) is 13.9. The fraction of sp³-hybridized carbons (Fsp3) is 0.353. The Hall–Kier alpha value is -1.09. The van der Waals surface area contributed by atoms with Gasteiger partial charge in [-0.15, -0.1) is 0 Å². The maximum atomic E-state index is 6.29. The molecule has 0 saturated carbocycles. The Bertz CT molecular complexity index is 599. The predicted molar refractivity (Wildman–Crippen MR) is 90.2 cm³/mol. The number of halogens is 2. The van der Waals surface area contributed by atoms with Crippen molar-refractivity contribution in [2.24, 2.45) is 0 Å². The van der Waals surface area contributed by atoms with Crippen molar-refractivity contribution in [3.05, 3.63) is 63.4 Å². The second kappa shape index (κ2) is 7.79. The summed E-state index contributed by atoms with van der Waals surface area (Å²) in [7, 11) is 0. The lowest BCUT2D eigenvalue weighted by molar-refractivity contribution is 0.517. The van der Waals surface area contributed by atoms with Crippen molar-refractivity contribution in [3.8, 4) is 0 Å². The molecular weight excluding hydrogens is 303 g/mol. The summed E-state index contributed by atoms with van der Waals surface area (Å²) in [5.41, 5.74) is 3.35. The van der Waals surface area contributed by atoms with Crippen LogP contribution in [0, 0.1) is 6.92 Å². The summed E-state index contributed by atoms with van der Waals surface area (Å²) in [6.07, 6.45) is 3.73. The van der Waals surface area contributed by atoms with Crippen LogP contribution < -0.4 is 5.32 Å². The number of nitrogens with zero attached hydrogens (tertiary/aromatic N) is 1. The third-order valence-electron chi connectivity index (χ3n) is 3.37. The van der Waals surface area contributed by atoms with E-state index in [-0.39, 0.29) is 6.04 Å². The number of hydrogen-bond donors (Lipinski definition) is 1. The molecule has 2 rings (SSSR count). The van der Waals surface area contributed by atoms with Crippen LogP contribution in [0.15, 0.2) is 36.5 Å². The second-order valence-corrected chi connectivity index (χ2v) is 6.05. The van der Waals surface area contributed by atoms with Crippen LogP contribution in [0.2, 0.25) is 10.0 Å². The molecule has 2 nitrogen and oxygen atoms in total. The van der Waals surface area contributed by atoms with Crippen molar-refractivity contribution < 1.29 is 0 Å². The highest BCUT2D eigenvalue weighted by atomic mass is 35.5. The number of nitrogens with one attached hydrogen (secondary N) is 1. The van der Waals surface area contributed by atoms with Gasteiger partial charge in [0.25, 0.3) is 0 Å². The topological polar surface area (TPSA) is 24.9 Å². The molecule has 0 amide bonds. The minimum absolute atomic E-state index is 0.156. The van der Waals surface area contributed by atoms with Gasteiger partial charge in [0, 0.05) is 16.2 Å². The van der Waals surface area contributed by atoms with Gasteiger partial charge in [0.2, 0.25) is 0 Å². The average molecular weight is 323 g/mol. The lowest BCUT2D eigenvalue weighted by Crippen LogP contribution is -2.25. The SMILES string of the molecule is CCCNC(Cc1ccc(Cl)cc1Cl)c1cc(C)ccn1. The van der Waals surface area contributed by atoms with Gasteiger partial charge in [0.1, 0.15) is 0 Å². The molecule has 1 unspecified atom stereocenters. The Labute approximate surface area is 136 Å². The third kappa shape index (κ3) is 4.70. The molecule has 1 aromatic heterocycles. The van der Waals surface area contributed by atoms with Crippen molar-refractivity contribution in [1.29, 1.82) is 0 Å². The van der Waals surface area contributed by atoms with Gasteiger partial charge in [-0.1, -0.05) is 36.2 Å². The molecule has 0 aliphatic rings. The molecular formula is C17H20Cl2N2. The van der Waals surface area contributed by atoms with Crippen molar-refractivity contribution in [2.45, 2.75) is 32.7 Å². The summed E-state index contributed by atoms with van der Waals surface area (Å²) in [4.78, 5) is 4.50. The number of benzene rings is 1. The van der Waals surface area contributed by atoms with Crippen LogP contribution in [0.1, 0.15) is 36.2 Å². The molecule has 0 aliphatic carbocycles. The highest BCUT2D eigenvalue weighted by Crippen LogP contribution is 2.26. The van der Waals surface area contributed by atoms with Crippen molar-refractivity contribution in [1.82, 2.24) is 10.3 Å². The van der Waals surface area contributed by atoms with E-state index in [0.717, 1.165) is 30.6 Å². The molecule has 2 aromatic rings. The molecule has 0 aliphatic heterocycles. The van der Waals surface area contributed by atoms with Gasteiger partial charge >= 0.3 is 0 Å². The van der Waals surface area contributed by atoms with Gasteiger partial charge in [0.15, 0.2) is 0 Å². The zero-order chi connectivity index (χ0) is 15.2. The summed E-state index contributed by atoms with van der Waals surface area (Å²) < 4.78 is 0. The fourth-order valence-corrected chi connectivity index (χ4v) is 2.74. The number of pyridine rings is 1. The van der Waals surface area contributed by atoms with Crippen LogP contribution in [0.4, 0.5) is 0 Å². The second-order valence-electron chi connectivity index (χ2n) is 5.20. The van der Waals surface area contributed by atoms with Gasteiger partial charge in [-0.05, 0) is 61.7 Å². The number of aryl methyl sites for hydroxylation is 1. The molecule has 0 radical (unpaired) electrons. The van der Waals surface area contributed by atoms with Crippen LogP contribution in [-0.4, -0.2) is 11.5 Å². The van der Waals surface area contributed by atoms with Crippen LogP contribution in [0.3, 0.4) is 0 Å². The van der Waals surface area contributed by atoms with Gasteiger partial charge in [-0.3, -0.25) is 4.98 Å².